The number of amides is 1. The van der Waals surface area contributed by atoms with Gasteiger partial charge >= 0.3 is 0 Å². The van der Waals surface area contributed by atoms with Gasteiger partial charge in [-0.1, -0.05) is 23.7 Å². The van der Waals surface area contributed by atoms with Crippen LogP contribution in [0, 0.1) is 23.3 Å². The molecule has 9 heteroatoms. The van der Waals surface area contributed by atoms with E-state index in [0.29, 0.717) is 10.9 Å². The number of nitrogens with zero attached hydrogens (tertiary/aromatic N) is 1. The molecule has 4 nitrogen and oxygen atoms in total. The number of carbonyl (C=O) groups excluding carboxylic acids is 1. The molecular weight excluding hydrogens is 446 g/mol. The van der Waals surface area contributed by atoms with Crippen molar-refractivity contribution < 1.29 is 22.4 Å². The third-order valence-electron chi connectivity index (χ3n) is 4.63. The van der Waals surface area contributed by atoms with Crippen LogP contribution < -0.4 is 5.32 Å². The fourth-order valence-corrected chi connectivity index (χ4v) is 3.46. The summed E-state index contributed by atoms with van der Waals surface area (Å²) in [5, 5.41) is 3.40. The summed E-state index contributed by atoms with van der Waals surface area (Å²) in [7, 11) is 0. The third kappa shape index (κ3) is 4.65. The van der Waals surface area contributed by atoms with Crippen molar-refractivity contribution in [3.63, 3.8) is 0 Å². The van der Waals surface area contributed by atoms with Crippen molar-refractivity contribution in [1.82, 2.24) is 10.3 Å². The van der Waals surface area contributed by atoms with Crippen molar-refractivity contribution >= 4 is 39.9 Å². The Morgan fingerprint density at radius 2 is 1.78 bits per heavy atom. The standard InChI is InChI=1S/C23H14ClF4N3O/c24-15-6-12(7-16(25)10-15)8-20(31-23(32)13-4-5-17(26)19(28)9-13)30-22-21-14(11-29-22)2-1-3-18(21)27/h1-7,9-11,29H,8H2,(H,30,31,32). The summed E-state index contributed by atoms with van der Waals surface area (Å²) >= 11 is 5.91. The van der Waals surface area contributed by atoms with Crippen molar-refractivity contribution in [3.8, 4) is 0 Å². The Bertz CT molecular complexity index is 1350. The summed E-state index contributed by atoms with van der Waals surface area (Å²) in [5.74, 6) is -4.04. The van der Waals surface area contributed by atoms with E-state index in [1.54, 1.807) is 18.3 Å². The second-order valence-electron chi connectivity index (χ2n) is 6.94. The number of nitrogens with one attached hydrogen (secondary N) is 2. The number of fused-ring (bicyclic) bond motifs is 1. The number of amidine groups is 1. The largest absolute Gasteiger partial charge is 0.345 e. The lowest BCUT2D eigenvalue weighted by atomic mass is 10.1. The SMILES string of the molecule is O=C(NC(Cc1cc(F)cc(Cl)c1)=Nc1[nH]cc2cccc(F)c12)c1ccc(F)c(F)c1. The lowest BCUT2D eigenvalue weighted by molar-refractivity contribution is 0.0976. The van der Waals surface area contributed by atoms with Crippen LogP contribution in [0.15, 0.2) is 65.8 Å². The van der Waals surface area contributed by atoms with Gasteiger partial charge in [0.15, 0.2) is 11.6 Å². The zero-order valence-electron chi connectivity index (χ0n) is 16.2. The maximum Gasteiger partial charge on any atom is 0.256 e. The normalized spacial score (nSPS) is 11.7. The van der Waals surface area contributed by atoms with E-state index >= 15 is 0 Å². The second kappa shape index (κ2) is 8.84. The van der Waals surface area contributed by atoms with E-state index in [1.807, 2.05) is 0 Å². The first-order valence-electron chi connectivity index (χ1n) is 9.34. The highest BCUT2D eigenvalue weighted by atomic mass is 35.5. The third-order valence-corrected chi connectivity index (χ3v) is 4.85. The molecule has 0 spiro atoms. The molecule has 1 aromatic heterocycles. The Hall–Kier alpha value is -3.65. The molecule has 0 bridgehead atoms. The second-order valence-corrected chi connectivity index (χ2v) is 7.37. The summed E-state index contributed by atoms with van der Waals surface area (Å²) in [6.07, 6.45) is 1.47. The van der Waals surface area contributed by atoms with Gasteiger partial charge in [0, 0.05) is 28.6 Å². The van der Waals surface area contributed by atoms with Crippen molar-refractivity contribution in [1.29, 1.82) is 0 Å². The van der Waals surface area contributed by atoms with Gasteiger partial charge in [-0.2, -0.15) is 0 Å². The molecular formula is C23H14ClF4N3O. The molecule has 0 fully saturated rings. The van der Waals surface area contributed by atoms with E-state index < -0.39 is 29.2 Å². The lowest BCUT2D eigenvalue weighted by Crippen LogP contribution is -2.32. The summed E-state index contributed by atoms with van der Waals surface area (Å²) in [5.41, 5.74) is 0.229. The molecule has 0 atom stereocenters. The number of carbonyl (C=O) groups is 1. The number of H-pyrrole nitrogens is 1. The number of benzene rings is 3. The average molecular weight is 460 g/mol. The van der Waals surface area contributed by atoms with Crippen LogP contribution in [0.3, 0.4) is 0 Å². The number of aromatic amines is 1. The van der Waals surface area contributed by atoms with E-state index in [4.69, 9.17) is 11.6 Å². The highest BCUT2D eigenvalue weighted by molar-refractivity contribution is 6.30. The Balaban J connectivity index is 1.74. The lowest BCUT2D eigenvalue weighted by Gasteiger charge is -2.10. The van der Waals surface area contributed by atoms with Crippen LogP contribution in [0.2, 0.25) is 5.02 Å². The average Bonchev–Trinajstić information content (AvgIpc) is 3.13. The summed E-state index contributed by atoms with van der Waals surface area (Å²) in [6.45, 7) is 0. The quantitative estimate of drug-likeness (QED) is 0.217. The fourth-order valence-electron chi connectivity index (χ4n) is 3.21. The van der Waals surface area contributed by atoms with Crippen LogP contribution in [-0.4, -0.2) is 16.7 Å². The minimum absolute atomic E-state index is 0.00778. The monoisotopic (exact) mass is 459 g/mol. The molecule has 0 aliphatic heterocycles. The molecule has 0 saturated heterocycles. The smallest absolute Gasteiger partial charge is 0.256 e. The first kappa shape index (κ1) is 21.6. The van der Waals surface area contributed by atoms with Crippen LogP contribution in [0.1, 0.15) is 15.9 Å². The molecule has 0 aliphatic rings. The summed E-state index contributed by atoms with van der Waals surface area (Å²) < 4.78 is 54.9. The highest BCUT2D eigenvalue weighted by Gasteiger charge is 2.15. The van der Waals surface area contributed by atoms with Crippen LogP contribution >= 0.6 is 11.6 Å². The van der Waals surface area contributed by atoms with Gasteiger partial charge < -0.3 is 10.3 Å². The highest BCUT2D eigenvalue weighted by Crippen LogP contribution is 2.28. The number of aromatic nitrogens is 1. The molecule has 0 unspecified atom stereocenters. The first-order chi connectivity index (χ1) is 15.3. The van der Waals surface area contributed by atoms with E-state index in [-0.39, 0.29) is 34.0 Å². The van der Waals surface area contributed by atoms with Gasteiger partial charge in [-0.25, -0.2) is 22.6 Å². The Labute approximate surface area is 184 Å². The van der Waals surface area contributed by atoms with Crippen LogP contribution in [0.25, 0.3) is 10.8 Å². The number of rotatable bonds is 4. The van der Waals surface area contributed by atoms with Gasteiger partial charge in [-0.15, -0.1) is 0 Å². The molecule has 3 aromatic carbocycles. The van der Waals surface area contributed by atoms with E-state index in [1.165, 1.54) is 18.2 Å². The minimum Gasteiger partial charge on any atom is -0.345 e. The number of halogens is 5. The van der Waals surface area contributed by atoms with Gasteiger partial charge in [0.25, 0.3) is 5.91 Å². The van der Waals surface area contributed by atoms with Crippen molar-refractivity contribution in [2.45, 2.75) is 6.42 Å². The minimum atomic E-state index is -1.19. The van der Waals surface area contributed by atoms with E-state index in [0.717, 1.165) is 24.3 Å². The first-order valence-corrected chi connectivity index (χ1v) is 9.72. The van der Waals surface area contributed by atoms with Gasteiger partial charge in [0.2, 0.25) is 0 Å². The molecule has 32 heavy (non-hydrogen) atoms. The van der Waals surface area contributed by atoms with Crippen molar-refractivity contribution in [2.75, 3.05) is 0 Å². The molecule has 0 aliphatic carbocycles. The number of hydrogen-bond donors (Lipinski definition) is 2. The topological polar surface area (TPSA) is 57.2 Å². The predicted octanol–water partition coefficient (Wildman–Crippen LogP) is 6.08. The Morgan fingerprint density at radius 3 is 2.53 bits per heavy atom. The predicted molar refractivity (Wildman–Crippen MR) is 114 cm³/mol. The number of hydrogen-bond acceptors (Lipinski definition) is 2. The molecule has 0 radical (unpaired) electrons. The van der Waals surface area contributed by atoms with Crippen LogP contribution in [0.4, 0.5) is 23.4 Å². The Morgan fingerprint density at radius 1 is 0.969 bits per heavy atom. The van der Waals surface area contributed by atoms with Crippen LogP contribution in [0.5, 0.6) is 0 Å². The van der Waals surface area contributed by atoms with Crippen LogP contribution in [-0.2, 0) is 6.42 Å². The Kier molecular flexibility index (Phi) is 5.96. The summed E-state index contributed by atoms with van der Waals surface area (Å²) in [4.78, 5) is 19.8. The van der Waals surface area contributed by atoms with E-state index in [2.05, 4.69) is 15.3 Å². The van der Waals surface area contributed by atoms with Gasteiger partial charge in [-0.05, 0) is 48.0 Å². The molecule has 1 amide bonds. The molecule has 4 rings (SSSR count). The molecule has 4 aromatic rings. The van der Waals surface area contributed by atoms with Crippen molar-refractivity contribution in [3.05, 3.63) is 100 Å². The zero-order valence-corrected chi connectivity index (χ0v) is 17.0. The molecule has 1 heterocycles. The summed E-state index contributed by atoms with van der Waals surface area (Å²) in [6, 6.07) is 11.0. The van der Waals surface area contributed by atoms with Gasteiger partial charge in [0.05, 0.1) is 5.39 Å². The fraction of sp³-hybridized carbons (Fsp3) is 0.0435. The zero-order chi connectivity index (χ0) is 22.8. The van der Waals surface area contributed by atoms with Gasteiger partial charge in [0.1, 0.15) is 23.3 Å². The number of aliphatic imine (C=N–C) groups is 1. The molecule has 2 N–H and O–H groups in total. The van der Waals surface area contributed by atoms with Gasteiger partial charge in [-0.3, -0.25) is 4.79 Å². The maximum atomic E-state index is 14.4. The maximum absolute atomic E-state index is 14.4. The van der Waals surface area contributed by atoms with Crippen molar-refractivity contribution in [2.24, 2.45) is 4.99 Å². The molecule has 0 saturated carbocycles. The molecule has 162 valence electrons. The van der Waals surface area contributed by atoms with E-state index in [9.17, 15) is 22.4 Å².